The topological polar surface area (TPSA) is 60.7 Å². The normalized spacial score (nSPS) is 10.8. The number of benzene rings is 2. The number of rotatable bonds is 5. The van der Waals surface area contributed by atoms with Crippen LogP contribution in [0.4, 0.5) is 5.69 Å². The molecule has 0 radical (unpaired) electrons. The number of para-hydroxylation sites is 1. The smallest absolute Gasteiger partial charge is 0.291 e. The van der Waals surface area contributed by atoms with Crippen molar-refractivity contribution in [3.63, 3.8) is 0 Å². The number of nitrogens with one attached hydrogen (secondary N) is 1. The molecule has 1 N–H and O–H groups in total. The Bertz CT molecular complexity index is 882. The van der Waals surface area contributed by atoms with E-state index >= 15 is 0 Å². The fraction of sp³-hybridized carbons (Fsp3) is 0.211. The zero-order valence-electron chi connectivity index (χ0n) is 13.9. The molecule has 5 nitrogen and oxygen atoms in total. The molecule has 0 unspecified atom stereocenters. The summed E-state index contributed by atoms with van der Waals surface area (Å²) in [4.78, 5) is 12.7. The van der Waals surface area contributed by atoms with Gasteiger partial charge in [-0.15, -0.1) is 0 Å². The number of hydrogen-bond donors (Lipinski definition) is 1. The van der Waals surface area contributed by atoms with Crippen LogP contribution in [0.2, 0.25) is 0 Å². The van der Waals surface area contributed by atoms with Crippen LogP contribution in [-0.4, -0.2) is 20.1 Å². The summed E-state index contributed by atoms with van der Waals surface area (Å²) in [5.41, 5.74) is 3.02. The van der Waals surface area contributed by atoms with E-state index in [0.717, 1.165) is 16.5 Å². The number of carbonyl (C=O) groups is 1. The van der Waals surface area contributed by atoms with E-state index in [1.165, 1.54) is 0 Å². The highest BCUT2D eigenvalue weighted by atomic mass is 16.5. The highest BCUT2D eigenvalue weighted by Gasteiger charge is 2.21. The van der Waals surface area contributed by atoms with Crippen molar-refractivity contribution in [2.24, 2.45) is 0 Å². The minimum atomic E-state index is -0.331. The van der Waals surface area contributed by atoms with Crippen molar-refractivity contribution in [3.8, 4) is 5.75 Å². The number of carbonyl (C=O) groups excluding carboxylic acids is 1. The number of ether oxygens (including phenoxy) is 2. The molecule has 0 spiro atoms. The van der Waals surface area contributed by atoms with Gasteiger partial charge in [0.2, 0.25) is 0 Å². The molecule has 3 rings (SSSR count). The number of anilines is 1. The molecule has 1 heterocycles. The van der Waals surface area contributed by atoms with Gasteiger partial charge in [-0.3, -0.25) is 4.79 Å². The highest BCUT2D eigenvalue weighted by Crippen LogP contribution is 2.29. The Balaban J connectivity index is 2.00. The molecule has 0 saturated carbocycles. The summed E-state index contributed by atoms with van der Waals surface area (Å²) in [5, 5.41) is 3.74. The lowest BCUT2D eigenvalue weighted by atomic mass is 10.1. The Kier molecular flexibility index (Phi) is 4.53. The van der Waals surface area contributed by atoms with Crippen LogP contribution in [0.3, 0.4) is 0 Å². The van der Waals surface area contributed by atoms with E-state index in [4.69, 9.17) is 13.9 Å². The second-order valence-corrected chi connectivity index (χ2v) is 5.50. The van der Waals surface area contributed by atoms with Crippen LogP contribution >= 0.6 is 0 Å². The minimum Gasteiger partial charge on any atom is -0.495 e. The first-order chi connectivity index (χ1) is 11.6. The van der Waals surface area contributed by atoms with Crippen molar-refractivity contribution < 1.29 is 18.7 Å². The summed E-state index contributed by atoms with van der Waals surface area (Å²) in [5.74, 6) is 0.516. The number of amides is 1. The van der Waals surface area contributed by atoms with Gasteiger partial charge < -0.3 is 19.2 Å². The lowest BCUT2D eigenvalue weighted by Gasteiger charge is -2.10. The van der Waals surface area contributed by atoms with E-state index < -0.39 is 0 Å². The monoisotopic (exact) mass is 325 g/mol. The van der Waals surface area contributed by atoms with Gasteiger partial charge >= 0.3 is 0 Å². The third-order valence-electron chi connectivity index (χ3n) is 3.80. The Hall–Kier alpha value is -2.79. The third-order valence-corrected chi connectivity index (χ3v) is 3.80. The summed E-state index contributed by atoms with van der Waals surface area (Å²) in [6.45, 7) is 2.25. The van der Waals surface area contributed by atoms with Gasteiger partial charge in [0.15, 0.2) is 5.76 Å². The molecule has 0 aliphatic carbocycles. The first-order valence-electron chi connectivity index (χ1n) is 7.59. The first kappa shape index (κ1) is 16.1. The van der Waals surface area contributed by atoms with Crippen molar-refractivity contribution in [3.05, 3.63) is 59.4 Å². The zero-order chi connectivity index (χ0) is 17.1. The summed E-state index contributed by atoms with van der Waals surface area (Å²) < 4.78 is 16.3. The Morgan fingerprint density at radius 1 is 1.17 bits per heavy atom. The maximum Gasteiger partial charge on any atom is 0.291 e. The maximum atomic E-state index is 12.7. The van der Waals surface area contributed by atoms with Crippen molar-refractivity contribution in [1.82, 2.24) is 0 Å². The average Bonchev–Trinajstić information content (AvgIpc) is 2.94. The first-order valence-corrected chi connectivity index (χ1v) is 7.59. The van der Waals surface area contributed by atoms with E-state index in [1.807, 2.05) is 49.4 Å². The van der Waals surface area contributed by atoms with Crippen LogP contribution in [0.1, 0.15) is 21.7 Å². The molecule has 1 aromatic heterocycles. The van der Waals surface area contributed by atoms with Gasteiger partial charge in [-0.25, -0.2) is 0 Å². The van der Waals surface area contributed by atoms with Crippen molar-refractivity contribution in [2.45, 2.75) is 13.5 Å². The minimum absolute atomic E-state index is 0.251. The van der Waals surface area contributed by atoms with Crippen molar-refractivity contribution in [1.29, 1.82) is 0 Å². The molecule has 2 aromatic carbocycles. The number of hydrogen-bond acceptors (Lipinski definition) is 4. The van der Waals surface area contributed by atoms with Gasteiger partial charge in [0.05, 0.1) is 19.4 Å². The summed E-state index contributed by atoms with van der Waals surface area (Å²) in [6, 6.07) is 13.1. The predicted molar refractivity (Wildman–Crippen MR) is 92.6 cm³/mol. The number of methoxy groups -OCH3 is 2. The Labute approximate surface area is 140 Å². The highest BCUT2D eigenvalue weighted by molar-refractivity contribution is 6.07. The van der Waals surface area contributed by atoms with E-state index in [-0.39, 0.29) is 11.7 Å². The molecule has 124 valence electrons. The molecule has 3 aromatic rings. The molecule has 0 atom stereocenters. The van der Waals surface area contributed by atoms with Crippen LogP contribution in [-0.2, 0) is 11.3 Å². The van der Waals surface area contributed by atoms with Gasteiger partial charge in [0.1, 0.15) is 11.3 Å². The number of furan rings is 1. The van der Waals surface area contributed by atoms with Gasteiger partial charge in [-0.05, 0) is 30.7 Å². The van der Waals surface area contributed by atoms with Crippen molar-refractivity contribution in [2.75, 3.05) is 19.5 Å². The predicted octanol–water partition coefficient (Wildman–Crippen LogP) is 4.15. The largest absolute Gasteiger partial charge is 0.495 e. The van der Waals surface area contributed by atoms with Crippen LogP contribution in [0.25, 0.3) is 11.0 Å². The SMILES string of the molecule is COCc1c(C(=O)Nc2cc(C)ccc2OC)oc2ccccc12. The quantitative estimate of drug-likeness (QED) is 0.765. The van der Waals surface area contributed by atoms with E-state index in [1.54, 1.807) is 14.2 Å². The molecule has 0 bridgehead atoms. The second-order valence-electron chi connectivity index (χ2n) is 5.50. The van der Waals surface area contributed by atoms with Gasteiger partial charge in [-0.2, -0.15) is 0 Å². The van der Waals surface area contributed by atoms with Crippen LogP contribution < -0.4 is 10.1 Å². The maximum absolute atomic E-state index is 12.7. The number of fused-ring (bicyclic) bond motifs is 1. The Morgan fingerprint density at radius 2 is 1.96 bits per heavy atom. The average molecular weight is 325 g/mol. The fourth-order valence-corrected chi connectivity index (χ4v) is 2.67. The van der Waals surface area contributed by atoms with E-state index in [0.29, 0.717) is 23.6 Å². The molecule has 1 amide bonds. The summed E-state index contributed by atoms with van der Waals surface area (Å²) in [7, 11) is 3.16. The van der Waals surface area contributed by atoms with Crippen LogP contribution in [0, 0.1) is 6.92 Å². The van der Waals surface area contributed by atoms with Gasteiger partial charge in [0, 0.05) is 18.1 Å². The summed E-state index contributed by atoms with van der Waals surface area (Å²) >= 11 is 0. The van der Waals surface area contributed by atoms with Crippen LogP contribution in [0.5, 0.6) is 5.75 Å². The third kappa shape index (κ3) is 2.98. The zero-order valence-corrected chi connectivity index (χ0v) is 13.9. The lowest BCUT2D eigenvalue weighted by molar-refractivity contribution is 0.0991. The number of aryl methyl sites for hydroxylation is 1. The summed E-state index contributed by atoms with van der Waals surface area (Å²) in [6.07, 6.45) is 0. The van der Waals surface area contributed by atoms with E-state index in [9.17, 15) is 4.79 Å². The molecule has 5 heteroatoms. The molecular formula is C19H19NO4. The molecule has 0 fully saturated rings. The molecule has 0 aliphatic rings. The Morgan fingerprint density at radius 3 is 2.71 bits per heavy atom. The van der Waals surface area contributed by atoms with E-state index in [2.05, 4.69) is 5.32 Å². The lowest BCUT2D eigenvalue weighted by Crippen LogP contribution is -2.14. The van der Waals surface area contributed by atoms with Gasteiger partial charge in [0.25, 0.3) is 5.91 Å². The second kappa shape index (κ2) is 6.76. The molecular weight excluding hydrogens is 306 g/mol. The van der Waals surface area contributed by atoms with Crippen molar-refractivity contribution >= 4 is 22.6 Å². The standard InChI is InChI=1S/C19H19NO4/c1-12-8-9-17(23-3)15(10-12)20-19(21)18-14(11-22-2)13-6-4-5-7-16(13)24-18/h4-10H,11H2,1-3H3,(H,20,21). The molecule has 0 aliphatic heterocycles. The van der Waals surface area contributed by atoms with Gasteiger partial charge in [-0.1, -0.05) is 24.3 Å². The molecule has 0 saturated heterocycles. The van der Waals surface area contributed by atoms with Crippen LogP contribution in [0.15, 0.2) is 46.9 Å². The molecule has 24 heavy (non-hydrogen) atoms. The fourth-order valence-electron chi connectivity index (χ4n) is 2.67.